The Morgan fingerprint density at radius 2 is 1.82 bits per heavy atom. The Kier molecular flexibility index (Phi) is 6.86. The highest BCUT2D eigenvalue weighted by Gasteiger charge is 2.15. The van der Waals surface area contributed by atoms with Crippen molar-refractivity contribution in [1.29, 1.82) is 0 Å². The lowest BCUT2D eigenvalue weighted by Crippen LogP contribution is -2.09. The van der Waals surface area contributed by atoms with Crippen molar-refractivity contribution in [2.75, 3.05) is 12.9 Å². The smallest absolute Gasteiger partial charge is 0.192 e. The van der Waals surface area contributed by atoms with Crippen LogP contribution in [-0.2, 0) is 13.2 Å². The fraction of sp³-hybridized carbons (Fsp3) is 0.190. The number of thioether (sulfide) groups is 1. The standard InChI is InChI=1S/C21H21N3O3S/c1-3-13-24-20(14-27-19-12-8-7-11-18(19)26-2)22-23-21(24)28-15-17(25)16-9-5-4-6-10-16/h3-12H,1,13-15H2,2H3. The van der Waals surface area contributed by atoms with Gasteiger partial charge in [0.15, 0.2) is 28.3 Å². The molecule has 0 spiro atoms. The molecule has 2 aromatic carbocycles. The molecule has 0 saturated heterocycles. The van der Waals surface area contributed by atoms with Crippen molar-refractivity contribution in [3.63, 3.8) is 0 Å². The second kappa shape index (κ2) is 9.75. The van der Waals surface area contributed by atoms with E-state index in [9.17, 15) is 4.79 Å². The Morgan fingerprint density at radius 1 is 1.11 bits per heavy atom. The molecule has 0 aliphatic rings. The van der Waals surface area contributed by atoms with E-state index in [1.807, 2.05) is 59.2 Å². The third-order valence-electron chi connectivity index (χ3n) is 3.96. The summed E-state index contributed by atoms with van der Waals surface area (Å²) in [5, 5.41) is 9.10. The van der Waals surface area contributed by atoms with Crippen LogP contribution in [0.3, 0.4) is 0 Å². The van der Waals surface area contributed by atoms with Crippen molar-refractivity contribution in [2.45, 2.75) is 18.3 Å². The Morgan fingerprint density at radius 3 is 2.54 bits per heavy atom. The van der Waals surface area contributed by atoms with E-state index in [0.717, 1.165) is 0 Å². The van der Waals surface area contributed by atoms with Crippen molar-refractivity contribution in [1.82, 2.24) is 14.8 Å². The molecule has 0 saturated carbocycles. The third kappa shape index (κ3) is 4.80. The predicted octanol–water partition coefficient (Wildman–Crippen LogP) is 4.03. The van der Waals surface area contributed by atoms with Gasteiger partial charge in [-0.25, -0.2) is 0 Å². The molecular weight excluding hydrogens is 374 g/mol. The molecule has 144 valence electrons. The van der Waals surface area contributed by atoms with Crippen molar-refractivity contribution in [2.24, 2.45) is 0 Å². The fourth-order valence-corrected chi connectivity index (χ4v) is 3.42. The van der Waals surface area contributed by atoms with E-state index >= 15 is 0 Å². The second-order valence-corrected chi connectivity index (χ2v) is 6.76. The first-order chi connectivity index (χ1) is 13.7. The maximum Gasteiger partial charge on any atom is 0.192 e. The molecule has 0 aliphatic heterocycles. The zero-order valence-electron chi connectivity index (χ0n) is 15.6. The number of benzene rings is 2. The van der Waals surface area contributed by atoms with Gasteiger partial charge >= 0.3 is 0 Å². The van der Waals surface area contributed by atoms with Crippen LogP contribution >= 0.6 is 11.8 Å². The highest BCUT2D eigenvalue weighted by molar-refractivity contribution is 7.99. The van der Waals surface area contributed by atoms with Gasteiger partial charge in [-0.15, -0.1) is 16.8 Å². The van der Waals surface area contributed by atoms with Crippen LogP contribution in [0, 0.1) is 0 Å². The normalized spacial score (nSPS) is 10.5. The van der Waals surface area contributed by atoms with Gasteiger partial charge in [0, 0.05) is 12.1 Å². The molecule has 3 rings (SSSR count). The van der Waals surface area contributed by atoms with E-state index in [0.29, 0.717) is 34.6 Å². The van der Waals surface area contributed by atoms with Gasteiger partial charge in [-0.3, -0.25) is 9.36 Å². The quantitative estimate of drug-likeness (QED) is 0.293. The number of methoxy groups -OCH3 is 1. The molecule has 0 bridgehead atoms. The molecule has 6 nitrogen and oxygen atoms in total. The van der Waals surface area contributed by atoms with Gasteiger partial charge in [0.05, 0.1) is 12.9 Å². The number of allylic oxidation sites excluding steroid dienone is 1. The maximum absolute atomic E-state index is 12.3. The monoisotopic (exact) mass is 395 g/mol. The summed E-state index contributed by atoms with van der Waals surface area (Å²) in [7, 11) is 1.60. The molecule has 0 amide bonds. The number of ketones is 1. The molecule has 1 aromatic heterocycles. The number of aromatic nitrogens is 3. The van der Waals surface area contributed by atoms with E-state index in [-0.39, 0.29) is 18.1 Å². The molecule has 0 radical (unpaired) electrons. The van der Waals surface area contributed by atoms with E-state index in [2.05, 4.69) is 16.8 Å². The maximum atomic E-state index is 12.3. The van der Waals surface area contributed by atoms with Gasteiger partial charge in [0.1, 0.15) is 6.61 Å². The molecule has 1 heterocycles. The molecule has 28 heavy (non-hydrogen) atoms. The number of carbonyl (C=O) groups is 1. The Hall–Kier alpha value is -3.06. The lowest BCUT2D eigenvalue weighted by Gasteiger charge is -2.11. The molecule has 0 unspecified atom stereocenters. The summed E-state index contributed by atoms with van der Waals surface area (Å²) < 4.78 is 13.0. The summed E-state index contributed by atoms with van der Waals surface area (Å²) in [5.74, 6) is 2.27. The number of rotatable bonds is 10. The highest BCUT2D eigenvalue weighted by atomic mass is 32.2. The van der Waals surface area contributed by atoms with Crippen molar-refractivity contribution < 1.29 is 14.3 Å². The summed E-state index contributed by atoms with van der Waals surface area (Å²) in [6, 6.07) is 16.6. The molecule has 7 heteroatoms. The van der Waals surface area contributed by atoms with Gasteiger partial charge in [0.25, 0.3) is 0 Å². The first-order valence-corrected chi connectivity index (χ1v) is 9.71. The minimum atomic E-state index is 0.0468. The van der Waals surface area contributed by atoms with Crippen LogP contribution in [0.2, 0.25) is 0 Å². The minimum absolute atomic E-state index is 0.0468. The summed E-state index contributed by atoms with van der Waals surface area (Å²) >= 11 is 1.35. The zero-order chi connectivity index (χ0) is 19.8. The number of Topliss-reactive ketones (excluding diaryl/α,β-unsaturated/α-hetero) is 1. The van der Waals surface area contributed by atoms with E-state index in [4.69, 9.17) is 9.47 Å². The van der Waals surface area contributed by atoms with Crippen LogP contribution in [-0.4, -0.2) is 33.4 Å². The van der Waals surface area contributed by atoms with Crippen LogP contribution in [0.1, 0.15) is 16.2 Å². The number of hydrogen-bond acceptors (Lipinski definition) is 6. The van der Waals surface area contributed by atoms with Crippen LogP contribution in [0.25, 0.3) is 0 Å². The number of para-hydroxylation sites is 2. The molecule has 0 fully saturated rings. The highest BCUT2D eigenvalue weighted by Crippen LogP contribution is 2.27. The lowest BCUT2D eigenvalue weighted by molar-refractivity contribution is 0.102. The number of ether oxygens (including phenoxy) is 2. The first kappa shape index (κ1) is 19.7. The average molecular weight is 395 g/mol. The van der Waals surface area contributed by atoms with Gasteiger partial charge in [0.2, 0.25) is 0 Å². The summed E-state index contributed by atoms with van der Waals surface area (Å²) in [6.45, 7) is 4.55. The fourth-order valence-electron chi connectivity index (χ4n) is 2.56. The first-order valence-electron chi connectivity index (χ1n) is 8.72. The summed E-state index contributed by atoms with van der Waals surface area (Å²) in [4.78, 5) is 12.3. The van der Waals surface area contributed by atoms with Crippen LogP contribution in [0.4, 0.5) is 0 Å². The molecule has 0 N–H and O–H groups in total. The molecular formula is C21H21N3O3S. The van der Waals surface area contributed by atoms with Crippen LogP contribution < -0.4 is 9.47 Å². The Labute approximate surface area is 168 Å². The predicted molar refractivity (Wildman–Crippen MR) is 109 cm³/mol. The summed E-state index contributed by atoms with van der Waals surface area (Å²) in [5.41, 5.74) is 0.685. The van der Waals surface area contributed by atoms with Gasteiger partial charge in [-0.1, -0.05) is 60.3 Å². The van der Waals surface area contributed by atoms with Gasteiger partial charge in [-0.05, 0) is 12.1 Å². The van der Waals surface area contributed by atoms with Gasteiger partial charge < -0.3 is 9.47 Å². The average Bonchev–Trinajstić information content (AvgIpc) is 3.13. The number of hydrogen-bond donors (Lipinski definition) is 0. The van der Waals surface area contributed by atoms with Crippen LogP contribution in [0.15, 0.2) is 72.4 Å². The zero-order valence-corrected chi connectivity index (χ0v) is 16.4. The van der Waals surface area contributed by atoms with Crippen molar-refractivity contribution in [3.8, 4) is 11.5 Å². The minimum Gasteiger partial charge on any atom is -0.493 e. The largest absolute Gasteiger partial charge is 0.493 e. The Balaban J connectivity index is 1.69. The topological polar surface area (TPSA) is 66.2 Å². The SMILES string of the molecule is C=CCn1c(COc2ccccc2OC)nnc1SCC(=O)c1ccccc1. The van der Waals surface area contributed by atoms with E-state index in [1.165, 1.54) is 11.8 Å². The lowest BCUT2D eigenvalue weighted by atomic mass is 10.2. The number of carbonyl (C=O) groups excluding carboxylic acids is 1. The van der Waals surface area contributed by atoms with Gasteiger partial charge in [-0.2, -0.15) is 0 Å². The molecule has 3 aromatic rings. The van der Waals surface area contributed by atoms with E-state index in [1.54, 1.807) is 13.2 Å². The third-order valence-corrected chi connectivity index (χ3v) is 4.93. The second-order valence-electron chi connectivity index (χ2n) is 5.82. The van der Waals surface area contributed by atoms with Crippen molar-refractivity contribution in [3.05, 3.63) is 78.6 Å². The molecule has 0 aliphatic carbocycles. The molecule has 0 atom stereocenters. The Bertz CT molecular complexity index is 941. The summed E-state index contributed by atoms with van der Waals surface area (Å²) in [6.07, 6.45) is 1.76. The van der Waals surface area contributed by atoms with E-state index < -0.39 is 0 Å². The number of nitrogens with zero attached hydrogens (tertiary/aromatic N) is 3. The van der Waals surface area contributed by atoms with Crippen molar-refractivity contribution >= 4 is 17.5 Å². The van der Waals surface area contributed by atoms with Crippen LogP contribution in [0.5, 0.6) is 11.5 Å².